The average molecular weight is 229 g/mol. The standard InChI is InChI=1S/C14H19N3/c1-11-13(10-16-2)6-7-17(11)14-5-3-4-12(8-14)9-15/h3-5,8,11,13,16H,6-7,10H2,1-2H3. The van der Waals surface area contributed by atoms with Gasteiger partial charge in [-0.3, -0.25) is 0 Å². The second-order valence-electron chi connectivity index (χ2n) is 4.70. The number of rotatable bonds is 3. The highest BCUT2D eigenvalue weighted by atomic mass is 15.2. The van der Waals surface area contributed by atoms with Crippen LogP contribution in [0, 0.1) is 17.2 Å². The molecule has 17 heavy (non-hydrogen) atoms. The summed E-state index contributed by atoms with van der Waals surface area (Å²) in [7, 11) is 2.01. The molecule has 1 fully saturated rings. The van der Waals surface area contributed by atoms with Crippen LogP contribution < -0.4 is 10.2 Å². The van der Waals surface area contributed by atoms with E-state index in [1.54, 1.807) is 0 Å². The van der Waals surface area contributed by atoms with Gasteiger partial charge in [-0.25, -0.2) is 0 Å². The monoisotopic (exact) mass is 229 g/mol. The molecule has 0 radical (unpaired) electrons. The summed E-state index contributed by atoms with van der Waals surface area (Å²) in [6.45, 7) is 4.42. The summed E-state index contributed by atoms with van der Waals surface area (Å²) in [5, 5.41) is 12.2. The molecule has 3 nitrogen and oxygen atoms in total. The molecule has 1 N–H and O–H groups in total. The largest absolute Gasteiger partial charge is 0.368 e. The Hall–Kier alpha value is -1.53. The molecule has 1 heterocycles. The topological polar surface area (TPSA) is 39.1 Å². The summed E-state index contributed by atoms with van der Waals surface area (Å²) in [4.78, 5) is 2.41. The van der Waals surface area contributed by atoms with Crippen molar-refractivity contribution in [3.05, 3.63) is 29.8 Å². The molecule has 3 heteroatoms. The molecule has 2 atom stereocenters. The van der Waals surface area contributed by atoms with Crippen LogP contribution in [-0.4, -0.2) is 26.2 Å². The lowest BCUT2D eigenvalue weighted by Crippen LogP contribution is -2.33. The summed E-state index contributed by atoms with van der Waals surface area (Å²) in [6.07, 6.45) is 1.22. The van der Waals surface area contributed by atoms with Gasteiger partial charge in [0.15, 0.2) is 0 Å². The van der Waals surface area contributed by atoms with E-state index in [2.05, 4.69) is 29.3 Å². The van der Waals surface area contributed by atoms with Crippen LogP contribution in [0.4, 0.5) is 5.69 Å². The summed E-state index contributed by atoms with van der Waals surface area (Å²) >= 11 is 0. The molecule has 0 bridgehead atoms. The van der Waals surface area contributed by atoms with Gasteiger partial charge in [-0.15, -0.1) is 0 Å². The van der Waals surface area contributed by atoms with Crippen molar-refractivity contribution in [2.45, 2.75) is 19.4 Å². The van der Waals surface area contributed by atoms with Crippen molar-refractivity contribution in [2.75, 3.05) is 25.0 Å². The molecular formula is C14H19N3. The van der Waals surface area contributed by atoms with Crippen LogP contribution in [0.15, 0.2) is 24.3 Å². The molecule has 0 saturated carbocycles. The molecule has 1 aromatic carbocycles. The van der Waals surface area contributed by atoms with E-state index in [1.165, 1.54) is 12.1 Å². The van der Waals surface area contributed by atoms with Crippen LogP contribution in [0.25, 0.3) is 0 Å². The van der Waals surface area contributed by atoms with Gasteiger partial charge in [0.05, 0.1) is 11.6 Å². The quantitative estimate of drug-likeness (QED) is 0.861. The number of nitriles is 1. The number of benzene rings is 1. The smallest absolute Gasteiger partial charge is 0.0992 e. The van der Waals surface area contributed by atoms with Crippen molar-refractivity contribution in [3.63, 3.8) is 0 Å². The highest BCUT2D eigenvalue weighted by Crippen LogP contribution is 2.29. The minimum atomic E-state index is 0.538. The summed E-state index contributed by atoms with van der Waals surface area (Å²) in [5.74, 6) is 0.700. The fourth-order valence-corrected chi connectivity index (χ4v) is 2.66. The molecule has 1 aliphatic rings. The first-order valence-corrected chi connectivity index (χ1v) is 6.17. The van der Waals surface area contributed by atoms with E-state index in [0.29, 0.717) is 12.0 Å². The van der Waals surface area contributed by atoms with Crippen molar-refractivity contribution in [1.82, 2.24) is 5.32 Å². The fourth-order valence-electron chi connectivity index (χ4n) is 2.66. The lowest BCUT2D eigenvalue weighted by molar-refractivity contribution is 0.474. The van der Waals surface area contributed by atoms with Crippen LogP contribution in [0.5, 0.6) is 0 Å². The van der Waals surface area contributed by atoms with E-state index in [-0.39, 0.29) is 0 Å². The van der Waals surface area contributed by atoms with Crippen molar-refractivity contribution >= 4 is 5.69 Å². The van der Waals surface area contributed by atoms with E-state index >= 15 is 0 Å². The SMILES string of the molecule is CNCC1CCN(c2cccc(C#N)c2)C1C. The predicted octanol–water partition coefficient (Wildman–Crippen LogP) is 1.99. The Morgan fingerprint density at radius 2 is 2.35 bits per heavy atom. The van der Waals surface area contributed by atoms with Crippen molar-refractivity contribution in [1.29, 1.82) is 5.26 Å². The molecule has 90 valence electrons. The van der Waals surface area contributed by atoms with E-state index < -0.39 is 0 Å². The molecule has 0 amide bonds. The van der Waals surface area contributed by atoms with Crippen molar-refractivity contribution < 1.29 is 0 Å². The third-order valence-electron chi connectivity index (χ3n) is 3.69. The van der Waals surface area contributed by atoms with Gasteiger partial charge in [-0.05, 0) is 51.1 Å². The van der Waals surface area contributed by atoms with E-state index in [0.717, 1.165) is 18.7 Å². The lowest BCUT2D eigenvalue weighted by Gasteiger charge is -2.26. The number of nitrogens with zero attached hydrogens (tertiary/aromatic N) is 2. The summed E-state index contributed by atoms with van der Waals surface area (Å²) < 4.78 is 0. The third-order valence-corrected chi connectivity index (χ3v) is 3.69. The van der Waals surface area contributed by atoms with Crippen LogP contribution in [0.1, 0.15) is 18.9 Å². The lowest BCUT2D eigenvalue weighted by atomic mass is 10.0. The first-order chi connectivity index (χ1) is 8.26. The van der Waals surface area contributed by atoms with Gasteiger partial charge in [0.2, 0.25) is 0 Å². The van der Waals surface area contributed by atoms with Gasteiger partial charge < -0.3 is 10.2 Å². The Balaban J connectivity index is 2.15. The summed E-state index contributed by atoms with van der Waals surface area (Å²) in [6, 6.07) is 10.6. The minimum Gasteiger partial charge on any atom is -0.368 e. The van der Waals surface area contributed by atoms with Crippen LogP contribution in [0.3, 0.4) is 0 Å². The molecular weight excluding hydrogens is 210 g/mol. The zero-order valence-electron chi connectivity index (χ0n) is 10.5. The number of hydrogen-bond donors (Lipinski definition) is 1. The van der Waals surface area contributed by atoms with Gasteiger partial charge in [0, 0.05) is 18.3 Å². The number of nitrogens with one attached hydrogen (secondary N) is 1. The van der Waals surface area contributed by atoms with E-state index in [9.17, 15) is 0 Å². The Labute approximate surface area is 103 Å². The van der Waals surface area contributed by atoms with E-state index in [4.69, 9.17) is 5.26 Å². The first kappa shape index (κ1) is 11.9. The van der Waals surface area contributed by atoms with Gasteiger partial charge in [-0.1, -0.05) is 6.07 Å². The Kier molecular flexibility index (Phi) is 3.65. The van der Waals surface area contributed by atoms with Gasteiger partial charge in [0.1, 0.15) is 0 Å². The predicted molar refractivity (Wildman–Crippen MR) is 70.0 cm³/mol. The Morgan fingerprint density at radius 3 is 3.06 bits per heavy atom. The van der Waals surface area contributed by atoms with Gasteiger partial charge in [0.25, 0.3) is 0 Å². The van der Waals surface area contributed by atoms with Crippen molar-refractivity contribution in [2.24, 2.45) is 5.92 Å². The average Bonchev–Trinajstić information content (AvgIpc) is 2.72. The molecule has 1 aromatic rings. The molecule has 1 aliphatic heterocycles. The maximum Gasteiger partial charge on any atom is 0.0992 e. The van der Waals surface area contributed by atoms with Crippen LogP contribution in [0.2, 0.25) is 0 Å². The normalized spacial score (nSPS) is 23.7. The maximum atomic E-state index is 8.93. The number of anilines is 1. The molecule has 0 spiro atoms. The fraction of sp³-hybridized carbons (Fsp3) is 0.500. The number of hydrogen-bond acceptors (Lipinski definition) is 3. The second kappa shape index (κ2) is 5.20. The Bertz CT molecular complexity index is 422. The van der Waals surface area contributed by atoms with Crippen LogP contribution in [-0.2, 0) is 0 Å². The minimum absolute atomic E-state index is 0.538. The second-order valence-corrected chi connectivity index (χ2v) is 4.70. The van der Waals surface area contributed by atoms with E-state index in [1.807, 2.05) is 25.2 Å². The zero-order valence-corrected chi connectivity index (χ0v) is 10.5. The Morgan fingerprint density at radius 1 is 1.53 bits per heavy atom. The molecule has 0 aliphatic carbocycles. The van der Waals surface area contributed by atoms with Gasteiger partial charge >= 0.3 is 0 Å². The molecule has 1 saturated heterocycles. The molecule has 2 unspecified atom stereocenters. The highest BCUT2D eigenvalue weighted by molar-refractivity contribution is 5.53. The maximum absolute atomic E-state index is 8.93. The highest BCUT2D eigenvalue weighted by Gasteiger charge is 2.30. The molecule has 0 aromatic heterocycles. The zero-order chi connectivity index (χ0) is 12.3. The first-order valence-electron chi connectivity index (χ1n) is 6.17. The molecule has 2 rings (SSSR count). The van der Waals surface area contributed by atoms with Crippen molar-refractivity contribution in [3.8, 4) is 6.07 Å². The summed E-state index contributed by atoms with van der Waals surface area (Å²) in [5.41, 5.74) is 1.92. The van der Waals surface area contributed by atoms with Crippen LogP contribution >= 0.6 is 0 Å². The van der Waals surface area contributed by atoms with Gasteiger partial charge in [-0.2, -0.15) is 5.26 Å². The third kappa shape index (κ3) is 2.42.